The lowest BCUT2D eigenvalue weighted by molar-refractivity contribution is -0.122. The lowest BCUT2D eigenvalue weighted by atomic mass is 9.75. The summed E-state index contributed by atoms with van der Waals surface area (Å²) in [6, 6.07) is 5.57. The van der Waals surface area contributed by atoms with Crippen molar-refractivity contribution in [3.05, 3.63) is 59.8 Å². The van der Waals surface area contributed by atoms with E-state index in [1.807, 2.05) is 0 Å². The highest BCUT2D eigenvalue weighted by Gasteiger charge is 2.48. The predicted molar refractivity (Wildman–Crippen MR) is 109 cm³/mol. The van der Waals surface area contributed by atoms with Crippen LogP contribution in [-0.2, 0) is 15.1 Å². The number of aromatic hydroxyl groups is 2. The number of aromatic nitrogens is 3. The van der Waals surface area contributed by atoms with Crippen molar-refractivity contribution in [1.29, 1.82) is 0 Å². The maximum absolute atomic E-state index is 14.2. The molecule has 1 fully saturated rings. The lowest BCUT2D eigenvalue weighted by Crippen LogP contribution is -2.36. The molecule has 164 valence electrons. The number of esters is 1. The molecule has 0 radical (unpaired) electrons. The molecule has 0 bridgehead atoms. The van der Waals surface area contributed by atoms with E-state index in [1.165, 1.54) is 18.3 Å². The number of hydrogen-bond acceptors (Lipinski definition) is 7. The van der Waals surface area contributed by atoms with E-state index >= 15 is 0 Å². The van der Waals surface area contributed by atoms with Gasteiger partial charge in [0.25, 0.3) is 0 Å². The highest BCUT2D eigenvalue weighted by atomic mass is 19.1. The van der Waals surface area contributed by atoms with Crippen molar-refractivity contribution in [2.24, 2.45) is 5.92 Å². The molecule has 1 aliphatic heterocycles. The van der Waals surface area contributed by atoms with Gasteiger partial charge in [0.05, 0.1) is 5.56 Å². The third-order valence-electron chi connectivity index (χ3n) is 6.15. The molecule has 2 aliphatic rings. The number of nitrogens with zero attached hydrogens (tertiary/aromatic N) is 3. The van der Waals surface area contributed by atoms with E-state index in [1.54, 1.807) is 18.5 Å². The standard InChI is InChI=1S/C22H19FN4O5/c23-18-15(1-2-16(28)19(18)29)27-10-6-17(26-27)25-20(30)12-3-7-22(8-4-12)14-11-24-9-5-13(14)21(31)32-22/h1-2,5-6,9-12,28-29H,3-4,7-8H2,(H,25,26,30)/t12-,22+. The Morgan fingerprint density at radius 1 is 1.22 bits per heavy atom. The van der Waals surface area contributed by atoms with Gasteiger partial charge in [0.15, 0.2) is 23.1 Å². The van der Waals surface area contributed by atoms with Crippen molar-refractivity contribution >= 4 is 17.7 Å². The fraction of sp³-hybridized carbons (Fsp3) is 0.273. The van der Waals surface area contributed by atoms with Gasteiger partial charge in [0.1, 0.15) is 11.3 Å². The Morgan fingerprint density at radius 3 is 2.78 bits per heavy atom. The first-order valence-electron chi connectivity index (χ1n) is 10.1. The van der Waals surface area contributed by atoms with Crippen molar-refractivity contribution in [2.75, 3.05) is 5.32 Å². The minimum Gasteiger partial charge on any atom is -0.504 e. The van der Waals surface area contributed by atoms with Crippen molar-refractivity contribution in [2.45, 2.75) is 31.3 Å². The average molecular weight is 438 g/mol. The molecule has 3 heterocycles. The Morgan fingerprint density at radius 2 is 2.00 bits per heavy atom. The molecular formula is C22H19FN4O5. The molecule has 0 unspecified atom stereocenters. The normalized spacial score (nSPS) is 21.9. The first kappa shape index (κ1) is 20.0. The Kier molecular flexibility index (Phi) is 4.58. The number of benzene rings is 1. The third kappa shape index (κ3) is 3.15. The van der Waals surface area contributed by atoms with Gasteiger partial charge in [-0.15, -0.1) is 5.10 Å². The number of fused-ring (bicyclic) bond motifs is 2. The molecule has 0 atom stereocenters. The number of phenolic OH excluding ortho intramolecular Hbond substituents is 2. The molecule has 1 aromatic carbocycles. The van der Waals surface area contributed by atoms with Gasteiger partial charge in [-0.1, -0.05) is 0 Å². The summed E-state index contributed by atoms with van der Waals surface area (Å²) < 4.78 is 21.0. The molecule has 1 spiro atoms. The van der Waals surface area contributed by atoms with Gasteiger partial charge in [0.2, 0.25) is 5.91 Å². The molecule has 32 heavy (non-hydrogen) atoms. The Labute approximate surface area is 181 Å². The van der Waals surface area contributed by atoms with Gasteiger partial charge in [-0.2, -0.15) is 0 Å². The van der Waals surface area contributed by atoms with Crippen LogP contribution in [0.1, 0.15) is 41.6 Å². The summed E-state index contributed by atoms with van der Waals surface area (Å²) in [6.45, 7) is 0. The highest BCUT2D eigenvalue weighted by Crippen LogP contribution is 2.47. The number of phenols is 2. The lowest BCUT2D eigenvalue weighted by Gasteiger charge is -2.35. The molecule has 5 rings (SSSR count). The van der Waals surface area contributed by atoms with E-state index in [9.17, 15) is 24.2 Å². The first-order valence-corrected chi connectivity index (χ1v) is 10.1. The van der Waals surface area contributed by atoms with Crippen LogP contribution in [0.2, 0.25) is 0 Å². The number of pyridine rings is 1. The molecule has 1 aliphatic carbocycles. The van der Waals surface area contributed by atoms with Gasteiger partial charge in [-0.25, -0.2) is 13.9 Å². The second kappa shape index (κ2) is 7.33. The van der Waals surface area contributed by atoms with Gasteiger partial charge in [-0.05, 0) is 43.9 Å². The second-order valence-electron chi connectivity index (χ2n) is 7.98. The summed E-state index contributed by atoms with van der Waals surface area (Å²) in [6.07, 6.45) is 6.73. The fourth-order valence-corrected chi connectivity index (χ4v) is 4.41. The monoisotopic (exact) mass is 438 g/mol. The number of anilines is 1. The molecule has 1 saturated carbocycles. The van der Waals surface area contributed by atoms with Crippen LogP contribution in [0.4, 0.5) is 10.2 Å². The average Bonchev–Trinajstić information content (AvgIpc) is 3.36. The zero-order valence-electron chi connectivity index (χ0n) is 16.8. The van der Waals surface area contributed by atoms with E-state index in [2.05, 4.69) is 15.4 Å². The Bertz CT molecular complexity index is 1230. The summed E-state index contributed by atoms with van der Waals surface area (Å²) in [7, 11) is 0. The molecule has 3 aromatic rings. The molecule has 9 nitrogen and oxygen atoms in total. The van der Waals surface area contributed by atoms with Crippen molar-refractivity contribution in [3.63, 3.8) is 0 Å². The zero-order valence-corrected chi connectivity index (χ0v) is 16.8. The number of amides is 1. The molecule has 1 amide bonds. The van der Waals surface area contributed by atoms with Crippen LogP contribution < -0.4 is 5.32 Å². The van der Waals surface area contributed by atoms with Gasteiger partial charge in [-0.3, -0.25) is 9.78 Å². The van der Waals surface area contributed by atoms with Crippen molar-refractivity contribution in [3.8, 4) is 17.2 Å². The van der Waals surface area contributed by atoms with Crippen LogP contribution in [-0.4, -0.2) is 36.9 Å². The number of hydrogen-bond donors (Lipinski definition) is 3. The third-order valence-corrected chi connectivity index (χ3v) is 6.15. The number of halogens is 1. The zero-order chi connectivity index (χ0) is 22.5. The minimum atomic E-state index is -1.02. The molecule has 3 N–H and O–H groups in total. The molecular weight excluding hydrogens is 419 g/mol. The largest absolute Gasteiger partial charge is 0.504 e. The van der Waals surface area contributed by atoms with Gasteiger partial charge < -0.3 is 20.3 Å². The summed E-state index contributed by atoms with van der Waals surface area (Å²) in [5, 5.41) is 25.8. The predicted octanol–water partition coefficient (Wildman–Crippen LogP) is 3.01. The topological polar surface area (TPSA) is 127 Å². The molecule has 2 aromatic heterocycles. The van der Waals surface area contributed by atoms with Crippen molar-refractivity contribution < 1.29 is 28.9 Å². The van der Waals surface area contributed by atoms with Crippen LogP contribution >= 0.6 is 0 Å². The number of carbonyl (C=O) groups is 2. The van der Waals surface area contributed by atoms with Crippen LogP contribution in [0.15, 0.2) is 42.9 Å². The van der Waals surface area contributed by atoms with Crippen LogP contribution in [0, 0.1) is 11.7 Å². The van der Waals surface area contributed by atoms with Crippen LogP contribution in [0.25, 0.3) is 5.69 Å². The fourth-order valence-electron chi connectivity index (χ4n) is 4.41. The number of carbonyl (C=O) groups excluding carboxylic acids is 2. The number of nitrogens with one attached hydrogen (secondary N) is 1. The van der Waals surface area contributed by atoms with E-state index in [0.717, 1.165) is 16.3 Å². The summed E-state index contributed by atoms with van der Waals surface area (Å²) in [5.41, 5.74) is 0.510. The summed E-state index contributed by atoms with van der Waals surface area (Å²) in [5.74, 6) is -3.12. The quantitative estimate of drug-likeness (QED) is 0.424. The maximum Gasteiger partial charge on any atom is 0.339 e. The van der Waals surface area contributed by atoms with E-state index in [4.69, 9.17) is 4.74 Å². The minimum absolute atomic E-state index is 0.0734. The summed E-state index contributed by atoms with van der Waals surface area (Å²) >= 11 is 0. The number of rotatable bonds is 3. The van der Waals surface area contributed by atoms with Gasteiger partial charge in [0, 0.05) is 36.1 Å². The Hall–Kier alpha value is -3.95. The second-order valence-corrected chi connectivity index (χ2v) is 7.98. The van der Waals surface area contributed by atoms with Crippen molar-refractivity contribution in [1.82, 2.24) is 14.8 Å². The SMILES string of the molecule is O=C1O[C@]2(CC[C@@H](C(=O)Nc3ccn(-c4ccc(O)c(O)c4F)n3)CC2)c2cnccc21. The van der Waals surface area contributed by atoms with Crippen LogP contribution in [0.3, 0.4) is 0 Å². The molecule has 0 saturated heterocycles. The number of ether oxygens (including phenoxy) is 1. The smallest absolute Gasteiger partial charge is 0.339 e. The van der Waals surface area contributed by atoms with Gasteiger partial charge >= 0.3 is 5.97 Å². The van der Waals surface area contributed by atoms with E-state index in [-0.39, 0.29) is 29.3 Å². The summed E-state index contributed by atoms with van der Waals surface area (Å²) in [4.78, 5) is 29.1. The van der Waals surface area contributed by atoms with E-state index in [0.29, 0.717) is 31.2 Å². The molecule has 10 heteroatoms. The highest BCUT2D eigenvalue weighted by molar-refractivity contribution is 5.95. The Balaban J connectivity index is 1.26. The van der Waals surface area contributed by atoms with Crippen LogP contribution in [0.5, 0.6) is 11.5 Å². The first-order chi connectivity index (χ1) is 15.4. The maximum atomic E-state index is 14.2. The van der Waals surface area contributed by atoms with E-state index < -0.39 is 22.9 Å².